The molecule has 0 heterocycles. The number of benzene rings is 2. The minimum Gasteiger partial charge on any atom is -0.507 e. The molecule has 6 nitrogen and oxygen atoms in total. The Morgan fingerprint density at radius 3 is 2.38 bits per heavy atom. The molecule has 0 fully saturated rings. The number of carboxylic acid groups (broad SMARTS) is 1. The van der Waals surface area contributed by atoms with Crippen LogP contribution in [-0.2, 0) is 6.42 Å². The van der Waals surface area contributed by atoms with Crippen LogP contribution in [0, 0.1) is 0 Å². The Bertz CT molecular complexity index is 788. The van der Waals surface area contributed by atoms with Crippen LogP contribution in [-0.4, -0.2) is 27.2 Å². The molecule has 2 aromatic carbocycles. The summed E-state index contributed by atoms with van der Waals surface area (Å²) in [6.07, 6.45) is 0.884. The molecule has 0 saturated heterocycles. The molecule has 0 aromatic heterocycles. The summed E-state index contributed by atoms with van der Waals surface area (Å²) in [5.41, 5.74) is 1.67. The van der Waals surface area contributed by atoms with Crippen molar-refractivity contribution in [1.29, 1.82) is 0 Å². The van der Waals surface area contributed by atoms with Crippen LogP contribution in [0.3, 0.4) is 0 Å². The number of nitrogens with one attached hydrogen (secondary N) is 2. The minimum atomic E-state index is -1.26. The molecule has 124 valence electrons. The van der Waals surface area contributed by atoms with Gasteiger partial charge in [-0.15, -0.1) is 0 Å². The second-order valence-electron chi connectivity index (χ2n) is 5.00. The van der Waals surface area contributed by atoms with E-state index in [2.05, 4.69) is 10.6 Å². The van der Waals surface area contributed by atoms with Gasteiger partial charge in [0.05, 0.1) is 0 Å². The lowest BCUT2D eigenvalue weighted by atomic mass is 10.1. The third-order valence-corrected chi connectivity index (χ3v) is 3.54. The summed E-state index contributed by atoms with van der Waals surface area (Å²) in [6, 6.07) is 11.1. The molecule has 0 unspecified atom stereocenters. The van der Waals surface area contributed by atoms with E-state index in [1.54, 1.807) is 12.1 Å². The number of aromatic carboxylic acids is 1. The summed E-state index contributed by atoms with van der Waals surface area (Å²) >= 11 is 5.05. The van der Waals surface area contributed by atoms with Gasteiger partial charge >= 0.3 is 5.97 Å². The van der Waals surface area contributed by atoms with Crippen molar-refractivity contribution >= 4 is 34.9 Å². The largest absolute Gasteiger partial charge is 0.507 e. The summed E-state index contributed by atoms with van der Waals surface area (Å²) in [7, 11) is 0. The van der Waals surface area contributed by atoms with Gasteiger partial charge in [-0.2, -0.15) is 0 Å². The first-order valence-corrected chi connectivity index (χ1v) is 7.59. The van der Waals surface area contributed by atoms with E-state index in [0.29, 0.717) is 11.3 Å². The van der Waals surface area contributed by atoms with Crippen LogP contribution in [0.2, 0.25) is 0 Å². The fourth-order valence-electron chi connectivity index (χ4n) is 2.01. The molecule has 7 heteroatoms. The monoisotopic (exact) mass is 344 g/mol. The lowest BCUT2D eigenvalue weighted by molar-refractivity contribution is 0.0693. The third kappa shape index (κ3) is 4.30. The van der Waals surface area contributed by atoms with Crippen LogP contribution in [0.4, 0.5) is 5.69 Å². The summed E-state index contributed by atoms with van der Waals surface area (Å²) in [5.74, 6) is -1.98. The SMILES string of the molecule is CCc1ccc(C(=O)NC(=S)Nc2ccc(O)c(C(=O)O)c2)cc1. The Morgan fingerprint density at radius 1 is 1.12 bits per heavy atom. The molecule has 0 aliphatic heterocycles. The van der Waals surface area contributed by atoms with Gasteiger partial charge in [-0.1, -0.05) is 19.1 Å². The van der Waals surface area contributed by atoms with E-state index in [4.69, 9.17) is 17.3 Å². The highest BCUT2D eigenvalue weighted by Crippen LogP contribution is 2.21. The number of hydrogen-bond donors (Lipinski definition) is 4. The molecule has 0 aliphatic rings. The second kappa shape index (κ2) is 7.56. The highest BCUT2D eigenvalue weighted by Gasteiger charge is 2.12. The molecule has 0 atom stereocenters. The standard InChI is InChI=1S/C17H16N2O4S/c1-2-10-3-5-11(6-4-10)15(21)19-17(24)18-12-7-8-14(20)13(9-12)16(22)23/h3-9,20H,2H2,1H3,(H,22,23)(H2,18,19,21,24). The van der Waals surface area contributed by atoms with Crippen molar-refractivity contribution < 1.29 is 19.8 Å². The van der Waals surface area contributed by atoms with E-state index in [0.717, 1.165) is 12.0 Å². The Hall–Kier alpha value is -2.93. The third-order valence-electron chi connectivity index (χ3n) is 3.34. The molecule has 4 N–H and O–H groups in total. The number of carbonyl (C=O) groups is 2. The zero-order valence-electron chi connectivity index (χ0n) is 12.9. The molecular formula is C17H16N2O4S. The molecular weight excluding hydrogens is 328 g/mol. The molecule has 2 rings (SSSR count). The number of hydrogen-bond acceptors (Lipinski definition) is 4. The van der Waals surface area contributed by atoms with E-state index in [-0.39, 0.29) is 22.3 Å². The quantitative estimate of drug-likeness (QED) is 0.503. The highest BCUT2D eigenvalue weighted by atomic mass is 32.1. The van der Waals surface area contributed by atoms with Gasteiger partial charge in [0.15, 0.2) is 5.11 Å². The lowest BCUT2D eigenvalue weighted by Gasteiger charge is -2.11. The number of rotatable bonds is 4. The smallest absolute Gasteiger partial charge is 0.339 e. The van der Waals surface area contributed by atoms with Crippen molar-refractivity contribution in [2.45, 2.75) is 13.3 Å². The van der Waals surface area contributed by atoms with E-state index in [1.807, 2.05) is 19.1 Å². The van der Waals surface area contributed by atoms with Crippen molar-refractivity contribution in [1.82, 2.24) is 5.32 Å². The first-order chi connectivity index (χ1) is 11.4. The van der Waals surface area contributed by atoms with Gasteiger partial charge in [-0.25, -0.2) is 4.79 Å². The number of aryl methyl sites for hydroxylation is 1. The van der Waals surface area contributed by atoms with Gasteiger partial charge in [0.1, 0.15) is 11.3 Å². The van der Waals surface area contributed by atoms with Crippen molar-refractivity contribution in [2.75, 3.05) is 5.32 Å². The normalized spacial score (nSPS) is 10.0. The number of anilines is 1. The Kier molecular flexibility index (Phi) is 5.49. The first kappa shape index (κ1) is 17.4. The number of carbonyl (C=O) groups excluding carboxylic acids is 1. The Morgan fingerprint density at radius 2 is 1.79 bits per heavy atom. The molecule has 0 aliphatic carbocycles. The van der Waals surface area contributed by atoms with Gasteiger partial charge in [0.25, 0.3) is 5.91 Å². The molecule has 0 radical (unpaired) electrons. The van der Waals surface area contributed by atoms with Gasteiger partial charge in [0, 0.05) is 11.3 Å². The van der Waals surface area contributed by atoms with Crippen molar-refractivity contribution in [3.63, 3.8) is 0 Å². The minimum absolute atomic E-state index is 0.0293. The first-order valence-electron chi connectivity index (χ1n) is 7.18. The molecule has 24 heavy (non-hydrogen) atoms. The van der Waals surface area contributed by atoms with E-state index >= 15 is 0 Å². The molecule has 0 saturated carbocycles. The Labute approximate surface area is 144 Å². The predicted molar refractivity (Wildman–Crippen MR) is 94.6 cm³/mol. The number of phenols is 1. The fraction of sp³-hybridized carbons (Fsp3) is 0.118. The molecule has 1 amide bonds. The van der Waals surface area contributed by atoms with Crippen LogP contribution >= 0.6 is 12.2 Å². The number of amides is 1. The summed E-state index contributed by atoms with van der Waals surface area (Å²) in [6.45, 7) is 2.02. The van der Waals surface area contributed by atoms with Crippen molar-refractivity contribution in [3.8, 4) is 5.75 Å². The zero-order valence-corrected chi connectivity index (χ0v) is 13.7. The van der Waals surface area contributed by atoms with Gasteiger partial charge < -0.3 is 15.5 Å². The summed E-state index contributed by atoms with van der Waals surface area (Å²) in [5, 5.41) is 23.7. The van der Waals surface area contributed by atoms with E-state index < -0.39 is 5.97 Å². The molecule has 0 spiro atoms. The highest BCUT2D eigenvalue weighted by molar-refractivity contribution is 7.80. The van der Waals surface area contributed by atoms with E-state index in [1.165, 1.54) is 18.2 Å². The van der Waals surface area contributed by atoms with Crippen molar-refractivity contribution in [2.24, 2.45) is 0 Å². The average Bonchev–Trinajstić information content (AvgIpc) is 2.56. The maximum absolute atomic E-state index is 12.1. The van der Waals surface area contributed by atoms with Crippen LogP contribution in [0.25, 0.3) is 0 Å². The van der Waals surface area contributed by atoms with Crippen molar-refractivity contribution in [3.05, 3.63) is 59.2 Å². The molecule has 0 bridgehead atoms. The van der Waals surface area contributed by atoms with Gasteiger partial charge in [0.2, 0.25) is 0 Å². The number of aromatic hydroxyl groups is 1. The van der Waals surface area contributed by atoms with Crippen LogP contribution in [0.15, 0.2) is 42.5 Å². The average molecular weight is 344 g/mol. The lowest BCUT2D eigenvalue weighted by Crippen LogP contribution is -2.34. The van der Waals surface area contributed by atoms with E-state index in [9.17, 15) is 14.7 Å². The number of carboxylic acids is 1. The topological polar surface area (TPSA) is 98.7 Å². The molecule has 2 aromatic rings. The van der Waals surface area contributed by atoms with Crippen LogP contribution < -0.4 is 10.6 Å². The van der Waals surface area contributed by atoms with Crippen LogP contribution in [0.1, 0.15) is 33.2 Å². The maximum atomic E-state index is 12.1. The fourth-order valence-corrected chi connectivity index (χ4v) is 2.23. The second-order valence-corrected chi connectivity index (χ2v) is 5.40. The van der Waals surface area contributed by atoms with Gasteiger partial charge in [-0.05, 0) is 54.5 Å². The number of thiocarbonyl (C=S) groups is 1. The maximum Gasteiger partial charge on any atom is 0.339 e. The van der Waals surface area contributed by atoms with Gasteiger partial charge in [-0.3, -0.25) is 10.1 Å². The summed E-state index contributed by atoms with van der Waals surface area (Å²) < 4.78 is 0. The summed E-state index contributed by atoms with van der Waals surface area (Å²) in [4.78, 5) is 23.1. The predicted octanol–water partition coefficient (Wildman–Crippen LogP) is 2.78. The van der Waals surface area contributed by atoms with Crippen LogP contribution in [0.5, 0.6) is 5.75 Å². The zero-order chi connectivity index (χ0) is 17.7. The Balaban J connectivity index is 2.03.